The molecule has 25 heavy (non-hydrogen) atoms. The number of aryl methyl sites for hydroxylation is 2. The summed E-state index contributed by atoms with van der Waals surface area (Å²) in [6, 6.07) is 8.60. The van der Waals surface area contributed by atoms with Gasteiger partial charge in [-0.1, -0.05) is 31.0 Å². The molecule has 128 valence electrons. The van der Waals surface area contributed by atoms with E-state index in [1.807, 2.05) is 11.3 Å². The monoisotopic (exact) mass is 354 g/mol. The molecule has 7 heteroatoms. The molecule has 0 radical (unpaired) electrons. The highest BCUT2D eigenvalue weighted by molar-refractivity contribution is 7.90. The molecule has 6 nitrogen and oxygen atoms in total. The molecule has 1 aromatic carbocycles. The van der Waals surface area contributed by atoms with Crippen molar-refractivity contribution < 1.29 is 8.42 Å². The van der Waals surface area contributed by atoms with Gasteiger partial charge in [0.15, 0.2) is 5.65 Å². The van der Waals surface area contributed by atoms with Gasteiger partial charge >= 0.3 is 0 Å². The molecule has 4 aromatic rings. The average Bonchev–Trinajstić information content (AvgIpc) is 3.22. The van der Waals surface area contributed by atoms with E-state index in [1.54, 1.807) is 49.1 Å². The van der Waals surface area contributed by atoms with E-state index >= 15 is 0 Å². The van der Waals surface area contributed by atoms with Gasteiger partial charge in [-0.05, 0) is 31.5 Å². The van der Waals surface area contributed by atoms with E-state index in [-0.39, 0.29) is 4.90 Å². The molecule has 0 spiro atoms. The van der Waals surface area contributed by atoms with Crippen LogP contribution in [0.5, 0.6) is 0 Å². The summed E-state index contributed by atoms with van der Waals surface area (Å²) in [5, 5.41) is 0. The van der Waals surface area contributed by atoms with E-state index in [2.05, 4.69) is 16.9 Å². The standard InChI is InChI=1S/C18H18N4O2S/c1-3-4-15-17-11-19-12-21(17)16-9-10-22(18(16)20-15)25(23,24)14-7-5-13(2)6-8-14/h5-12H,3-4H2,1-2H3. The fourth-order valence-electron chi connectivity index (χ4n) is 3.02. The van der Waals surface area contributed by atoms with Gasteiger partial charge in [0.1, 0.15) is 0 Å². The minimum atomic E-state index is -3.70. The lowest BCUT2D eigenvalue weighted by molar-refractivity contribution is 0.588. The quantitative estimate of drug-likeness (QED) is 0.564. The van der Waals surface area contributed by atoms with E-state index in [1.165, 1.54) is 3.97 Å². The van der Waals surface area contributed by atoms with Crippen molar-refractivity contribution in [1.82, 2.24) is 18.3 Å². The van der Waals surface area contributed by atoms with Crippen LogP contribution in [0.25, 0.3) is 16.7 Å². The zero-order chi connectivity index (χ0) is 17.6. The molecule has 3 heterocycles. The summed E-state index contributed by atoms with van der Waals surface area (Å²) in [5.74, 6) is 0. The maximum Gasteiger partial charge on any atom is 0.269 e. The van der Waals surface area contributed by atoms with Crippen molar-refractivity contribution in [3.63, 3.8) is 0 Å². The van der Waals surface area contributed by atoms with Gasteiger partial charge < -0.3 is 0 Å². The van der Waals surface area contributed by atoms with Gasteiger partial charge in [-0.15, -0.1) is 0 Å². The zero-order valence-corrected chi connectivity index (χ0v) is 14.9. The lowest BCUT2D eigenvalue weighted by Gasteiger charge is -2.09. The summed E-state index contributed by atoms with van der Waals surface area (Å²) in [6.45, 7) is 4.00. The van der Waals surface area contributed by atoms with Crippen LogP contribution in [0.2, 0.25) is 0 Å². The van der Waals surface area contributed by atoms with Gasteiger partial charge in [0.25, 0.3) is 10.0 Å². The molecule has 0 aliphatic carbocycles. The van der Waals surface area contributed by atoms with Crippen LogP contribution in [-0.2, 0) is 16.4 Å². The van der Waals surface area contributed by atoms with Gasteiger partial charge in [0.05, 0.1) is 34.1 Å². The molecule has 3 aromatic heterocycles. The maximum absolute atomic E-state index is 13.1. The molecular formula is C18H18N4O2S. The molecule has 0 aliphatic heterocycles. The third-order valence-electron chi connectivity index (χ3n) is 4.30. The van der Waals surface area contributed by atoms with E-state index in [4.69, 9.17) is 0 Å². The van der Waals surface area contributed by atoms with Crippen molar-refractivity contribution in [3.05, 3.63) is 60.3 Å². The van der Waals surface area contributed by atoms with Crippen molar-refractivity contribution >= 4 is 26.7 Å². The van der Waals surface area contributed by atoms with Crippen molar-refractivity contribution in [2.24, 2.45) is 0 Å². The second-order valence-electron chi connectivity index (χ2n) is 6.10. The number of nitrogens with zero attached hydrogens (tertiary/aromatic N) is 4. The van der Waals surface area contributed by atoms with E-state index in [0.717, 1.165) is 35.1 Å². The first-order chi connectivity index (χ1) is 12.0. The minimum absolute atomic E-state index is 0.250. The Labute approximate surface area is 145 Å². The van der Waals surface area contributed by atoms with Gasteiger partial charge in [-0.2, -0.15) is 0 Å². The Morgan fingerprint density at radius 3 is 2.56 bits per heavy atom. The summed E-state index contributed by atoms with van der Waals surface area (Å²) >= 11 is 0. The highest BCUT2D eigenvalue weighted by atomic mass is 32.2. The average molecular weight is 354 g/mol. The lowest BCUT2D eigenvalue weighted by atomic mass is 10.2. The van der Waals surface area contributed by atoms with Crippen LogP contribution < -0.4 is 0 Å². The number of benzene rings is 1. The lowest BCUT2D eigenvalue weighted by Crippen LogP contribution is -2.13. The summed E-state index contributed by atoms with van der Waals surface area (Å²) in [4.78, 5) is 9.11. The van der Waals surface area contributed by atoms with Crippen LogP contribution in [0, 0.1) is 6.92 Å². The number of hydrogen-bond acceptors (Lipinski definition) is 4. The van der Waals surface area contributed by atoms with Crippen molar-refractivity contribution in [1.29, 1.82) is 0 Å². The number of imidazole rings is 1. The fourth-order valence-corrected chi connectivity index (χ4v) is 4.31. The highest BCUT2D eigenvalue weighted by Gasteiger charge is 2.21. The maximum atomic E-state index is 13.1. The van der Waals surface area contributed by atoms with E-state index < -0.39 is 10.0 Å². The fraction of sp³-hybridized carbons (Fsp3) is 0.222. The number of fused-ring (bicyclic) bond motifs is 3. The van der Waals surface area contributed by atoms with Gasteiger partial charge in [0.2, 0.25) is 0 Å². The van der Waals surface area contributed by atoms with Crippen LogP contribution in [0.4, 0.5) is 0 Å². The summed E-state index contributed by atoms with van der Waals surface area (Å²) in [6.07, 6.45) is 6.71. The second kappa shape index (κ2) is 5.70. The first kappa shape index (κ1) is 15.8. The Morgan fingerprint density at radius 1 is 1.08 bits per heavy atom. The molecule has 0 aliphatic rings. The highest BCUT2D eigenvalue weighted by Crippen LogP contribution is 2.24. The normalized spacial score (nSPS) is 12.2. The Morgan fingerprint density at radius 2 is 1.84 bits per heavy atom. The minimum Gasteiger partial charge on any atom is -0.294 e. The summed E-state index contributed by atoms with van der Waals surface area (Å²) in [7, 11) is -3.70. The molecule has 0 amide bonds. The number of hydrogen-bond donors (Lipinski definition) is 0. The Bertz CT molecular complexity index is 1170. The summed E-state index contributed by atoms with van der Waals surface area (Å²) < 4.78 is 29.3. The first-order valence-electron chi connectivity index (χ1n) is 8.16. The first-order valence-corrected chi connectivity index (χ1v) is 9.60. The van der Waals surface area contributed by atoms with Crippen LogP contribution in [-0.4, -0.2) is 26.8 Å². The van der Waals surface area contributed by atoms with E-state index in [0.29, 0.717) is 5.65 Å². The van der Waals surface area contributed by atoms with Crippen molar-refractivity contribution in [3.8, 4) is 0 Å². The molecule has 0 saturated carbocycles. The van der Waals surface area contributed by atoms with Crippen LogP contribution >= 0.6 is 0 Å². The molecule has 0 saturated heterocycles. The molecule has 0 atom stereocenters. The third kappa shape index (κ3) is 2.42. The Balaban J connectivity index is 1.99. The third-order valence-corrected chi connectivity index (χ3v) is 5.99. The SMILES string of the molecule is CCCc1nc2c(ccn2S(=O)(=O)c2ccc(C)cc2)n2cncc12. The van der Waals surface area contributed by atoms with Gasteiger partial charge in [-0.3, -0.25) is 4.40 Å². The molecule has 4 rings (SSSR count). The zero-order valence-electron chi connectivity index (χ0n) is 14.0. The Hall–Kier alpha value is -2.67. The molecular weight excluding hydrogens is 336 g/mol. The van der Waals surface area contributed by atoms with Gasteiger partial charge in [0, 0.05) is 6.20 Å². The van der Waals surface area contributed by atoms with Crippen LogP contribution in [0.1, 0.15) is 24.6 Å². The summed E-state index contributed by atoms with van der Waals surface area (Å²) in [5.41, 5.74) is 3.93. The van der Waals surface area contributed by atoms with Crippen LogP contribution in [0.3, 0.4) is 0 Å². The molecule has 0 unspecified atom stereocenters. The number of rotatable bonds is 4. The molecule has 0 fully saturated rings. The molecule has 0 bridgehead atoms. The van der Waals surface area contributed by atoms with Crippen molar-refractivity contribution in [2.45, 2.75) is 31.6 Å². The van der Waals surface area contributed by atoms with Crippen LogP contribution in [0.15, 0.2) is 53.9 Å². The molecule has 0 N–H and O–H groups in total. The number of aromatic nitrogens is 4. The predicted octanol–water partition coefficient (Wildman–Crippen LogP) is 3.18. The Kier molecular flexibility index (Phi) is 3.61. The smallest absolute Gasteiger partial charge is 0.269 e. The topological polar surface area (TPSA) is 69.3 Å². The largest absolute Gasteiger partial charge is 0.294 e. The van der Waals surface area contributed by atoms with Gasteiger partial charge in [-0.25, -0.2) is 22.4 Å². The van der Waals surface area contributed by atoms with E-state index in [9.17, 15) is 8.42 Å². The predicted molar refractivity (Wildman–Crippen MR) is 96.2 cm³/mol. The van der Waals surface area contributed by atoms with Crippen molar-refractivity contribution in [2.75, 3.05) is 0 Å². The second-order valence-corrected chi connectivity index (χ2v) is 7.91.